The standard InChI is InChI=1S/C14H17N5OS/c1-14(2,3)12-18-11(20-19-12)7-21-13-16-9-5-4-8(15)6-10(9)17-13/h4-6H,7,15H2,1-3H3,(H,16,17). The van der Waals surface area contributed by atoms with Crippen LogP contribution in [-0.4, -0.2) is 20.1 Å². The van der Waals surface area contributed by atoms with E-state index in [0.717, 1.165) is 27.7 Å². The van der Waals surface area contributed by atoms with Gasteiger partial charge in [0.2, 0.25) is 5.89 Å². The van der Waals surface area contributed by atoms with Crippen LogP contribution >= 0.6 is 11.8 Å². The molecule has 1 aromatic carbocycles. The molecule has 0 fully saturated rings. The molecule has 0 saturated heterocycles. The van der Waals surface area contributed by atoms with Crippen LogP contribution in [0.25, 0.3) is 11.0 Å². The number of H-pyrrole nitrogens is 1. The second-order valence-corrected chi connectivity index (χ2v) is 6.83. The van der Waals surface area contributed by atoms with Crippen molar-refractivity contribution in [2.45, 2.75) is 37.1 Å². The largest absolute Gasteiger partial charge is 0.399 e. The Balaban J connectivity index is 1.73. The van der Waals surface area contributed by atoms with Gasteiger partial charge in [-0.1, -0.05) is 37.7 Å². The molecule has 0 bridgehead atoms. The first-order valence-corrected chi connectivity index (χ1v) is 7.61. The molecule has 7 heteroatoms. The number of fused-ring (bicyclic) bond motifs is 1. The molecule has 3 aromatic rings. The van der Waals surface area contributed by atoms with E-state index >= 15 is 0 Å². The first kappa shape index (κ1) is 13.9. The van der Waals surface area contributed by atoms with Gasteiger partial charge in [-0.2, -0.15) is 4.98 Å². The molecule has 6 nitrogen and oxygen atoms in total. The molecule has 2 heterocycles. The number of aromatic nitrogens is 4. The highest BCUT2D eigenvalue weighted by atomic mass is 32.2. The Labute approximate surface area is 126 Å². The van der Waals surface area contributed by atoms with Crippen LogP contribution in [0.3, 0.4) is 0 Å². The van der Waals surface area contributed by atoms with Crippen molar-refractivity contribution < 1.29 is 4.52 Å². The van der Waals surface area contributed by atoms with Gasteiger partial charge in [0.15, 0.2) is 11.0 Å². The fourth-order valence-corrected chi connectivity index (χ4v) is 2.54. The summed E-state index contributed by atoms with van der Waals surface area (Å²) in [6, 6.07) is 5.61. The average molecular weight is 303 g/mol. The van der Waals surface area contributed by atoms with Crippen LogP contribution in [0.5, 0.6) is 0 Å². The Morgan fingerprint density at radius 2 is 2.10 bits per heavy atom. The van der Waals surface area contributed by atoms with Crippen LogP contribution in [0.1, 0.15) is 32.5 Å². The summed E-state index contributed by atoms with van der Waals surface area (Å²) in [6.07, 6.45) is 0. The maximum atomic E-state index is 5.75. The molecule has 2 aromatic heterocycles. The Bertz CT molecular complexity index is 771. The summed E-state index contributed by atoms with van der Waals surface area (Å²) < 4.78 is 5.26. The number of anilines is 1. The van der Waals surface area contributed by atoms with Crippen LogP contribution in [0.15, 0.2) is 27.9 Å². The molecule has 0 spiro atoms. The summed E-state index contributed by atoms with van der Waals surface area (Å²) >= 11 is 1.53. The van der Waals surface area contributed by atoms with Crippen molar-refractivity contribution in [3.05, 3.63) is 29.9 Å². The number of nitrogens with zero attached hydrogens (tertiary/aromatic N) is 3. The fourth-order valence-electron chi connectivity index (χ4n) is 1.82. The van der Waals surface area contributed by atoms with E-state index in [9.17, 15) is 0 Å². The fraction of sp³-hybridized carbons (Fsp3) is 0.357. The number of aromatic amines is 1. The van der Waals surface area contributed by atoms with E-state index in [2.05, 4.69) is 40.9 Å². The van der Waals surface area contributed by atoms with Crippen LogP contribution in [0.2, 0.25) is 0 Å². The van der Waals surface area contributed by atoms with Gasteiger partial charge in [-0.25, -0.2) is 4.98 Å². The molecule has 0 saturated carbocycles. The molecule has 3 N–H and O–H groups in total. The van der Waals surface area contributed by atoms with Gasteiger partial charge in [-0.3, -0.25) is 0 Å². The second-order valence-electron chi connectivity index (χ2n) is 5.87. The van der Waals surface area contributed by atoms with Crippen molar-refractivity contribution in [1.29, 1.82) is 0 Å². The summed E-state index contributed by atoms with van der Waals surface area (Å²) in [5.41, 5.74) is 8.19. The van der Waals surface area contributed by atoms with Crippen LogP contribution in [0.4, 0.5) is 5.69 Å². The van der Waals surface area contributed by atoms with Gasteiger partial charge in [0.25, 0.3) is 0 Å². The smallest absolute Gasteiger partial charge is 0.237 e. The molecule has 0 aliphatic rings. The van der Waals surface area contributed by atoms with Crippen molar-refractivity contribution >= 4 is 28.5 Å². The lowest BCUT2D eigenvalue weighted by molar-refractivity contribution is 0.373. The number of imidazole rings is 1. The molecule has 0 radical (unpaired) electrons. The minimum absolute atomic E-state index is 0.108. The highest BCUT2D eigenvalue weighted by molar-refractivity contribution is 7.98. The van der Waals surface area contributed by atoms with E-state index in [1.165, 1.54) is 11.8 Å². The van der Waals surface area contributed by atoms with Crippen LogP contribution < -0.4 is 5.73 Å². The topological polar surface area (TPSA) is 93.6 Å². The third-order valence-electron chi connectivity index (χ3n) is 2.96. The molecular weight excluding hydrogens is 286 g/mol. The number of thioether (sulfide) groups is 1. The highest BCUT2D eigenvalue weighted by Gasteiger charge is 2.21. The molecule has 21 heavy (non-hydrogen) atoms. The van der Waals surface area contributed by atoms with Gasteiger partial charge < -0.3 is 15.2 Å². The summed E-state index contributed by atoms with van der Waals surface area (Å²) in [7, 11) is 0. The molecule has 3 rings (SSSR count). The summed E-state index contributed by atoms with van der Waals surface area (Å²) in [5, 5.41) is 4.82. The van der Waals surface area contributed by atoms with Gasteiger partial charge in [0.05, 0.1) is 16.8 Å². The van der Waals surface area contributed by atoms with Crippen LogP contribution in [-0.2, 0) is 11.2 Å². The van der Waals surface area contributed by atoms with E-state index in [-0.39, 0.29) is 5.41 Å². The predicted molar refractivity (Wildman–Crippen MR) is 83.1 cm³/mol. The molecule has 0 atom stereocenters. The zero-order chi connectivity index (χ0) is 15.0. The van der Waals surface area contributed by atoms with Gasteiger partial charge in [0, 0.05) is 11.1 Å². The van der Waals surface area contributed by atoms with Crippen LogP contribution in [0, 0.1) is 0 Å². The molecule has 0 unspecified atom stereocenters. The SMILES string of the molecule is CC(C)(C)c1noc(CSc2nc3ccc(N)cc3[nH]2)n1. The second kappa shape index (κ2) is 5.07. The number of nitrogens with two attached hydrogens (primary N) is 1. The molecule has 110 valence electrons. The lowest BCUT2D eigenvalue weighted by Gasteiger charge is -2.10. The number of rotatable bonds is 3. The minimum Gasteiger partial charge on any atom is -0.399 e. The minimum atomic E-state index is -0.108. The van der Waals surface area contributed by atoms with Crippen molar-refractivity contribution in [2.75, 3.05) is 5.73 Å². The lowest BCUT2D eigenvalue weighted by Crippen LogP contribution is -2.13. The summed E-state index contributed by atoms with van der Waals surface area (Å²) in [4.78, 5) is 12.1. The zero-order valence-corrected chi connectivity index (χ0v) is 13.0. The van der Waals surface area contributed by atoms with Crippen molar-refractivity contribution in [2.24, 2.45) is 0 Å². The zero-order valence-electron chi connectivity index (χ0n) is 12.2. The highest BCUT2D eigenvalue weighted by Crippen LogP contribution is 2.25. The number of hydrogen-bond acceptors (Lipinski definition) is 6. The molecule has 0 aliphatic carbocycles. The monoisotopic (exact) mass is 303 g/mol. The molecule has 0 amide bonds. The first-order valence-electron chi connectivity index (χ1n) is 6.63. The lowest BCUT2D eigenvalue weighted by atomic mass is 9.96. The number of hydrogen-bond donors (Lipinski definition) is 2. The predicted octanol–water partition coefficient (Wildman–Crippen LogP) is 3.12. The number of nitrogen functional groups attached to an aromatic ring is 1. The van der Waals surface area contributed by atoms with Crippen molar-refractivity contribution in [3.63, 3.8) is 0 Å². The Morgan fingerprint density at radius 1 is 1.29 bits per heavy atom. The third kappa shape index (κ3) is 3.02. The third-order valence-corrected chi connectivity index (χ3v) is 3.81. The Morgan fingerprint density at radius 3 is 2.81 bits per heavy atom. The Kier molecular flexibility index (Phi) is 3.36. The van der Waals surface area contributed by atoms with Gasteiger partial charge in [-0.15, -0.1) is 0 Å². The molecular formula is C14H17N5OS. The van der Waals surface area contributed by atoms with Gasteiger partial charge >= 0.3 is 0 Å². The van der Waals surface area contributed by atoms with Crippen molar-refractivity contribution in [3.8, 4) is 0 Å². The average Bonchev–Trinajstić information content (AvgIpc) is 3.01. The maximum absolute atomic E-state index is 5.75. The van der Waals surface area contributed by atoms with E-state index in [1.54, 1.807) is 0 Å². The first-order chi connectivity index (χ1) is 9.91. The van der Waals surface area contributed by atoms with E-state index in [0.29, 0.717) is 11.6 Å². The number of benzene rings is 1. The van der Waals surface area contributed by atoms with Gasteiger partial charge in [0.1, 0.15) is 0 Å². The normalized spacial score (nSPS) is 12.1. The van der Waals surface area contributed by atoms with E-state index in [4.69, 9.17) is 10.3 Å². The number of nitrogens with one attached hydrogen (secondary N) is 1. The summed E-state index contributed by atoms with van der Waals surface area (Å²) in [5.74, 6) is 1.90. The van der Waals surface area contributed by atoms with Crippen molar-refractivity contribution in [1.82, 2.24) is 20.1 Å². The maximum Gasteiger partial charge on any atom is 0.237 e. The summed E-state index contributed by atoms with van der Waals surface area (Å²) in [6.45, 7) is 6.16. The quantitative estimate of drug-likeness (QED) is 0.570. The Hall–Kier alpha value is -2.02. The van der Waals surface area contributed by atoms with E-state index < -0.39 is 0 Å². The van der Waals surface area contributed by atoms with E-state index in [1.807, 2.05) is 18.2 Å². The van der Waals surface area contributed by atoms with Gasteiger partial charge in [-0.05, 0) is 18.2 Å². The molecule has 0 aliphatic heterocycles.